The van der Waals surface area contributed by atoms with Crippen LogP contribution >= 0.6 is 24.0 Å². The molecule has 2 saturated heterocycles. The average Bonchev–Trinajstić information content (AvgIpc) is 2.70. The molecule has 2 aliphatic heterocycles. The highest BCUT2D eigenvalue weighted by Gasteiger charge is 2.59. The lowest BCUT2D eigenvalue weighted by molar-refractivity contribution is -0.169. The third-order valence-electron chi connectivity index (χ3n) is 7.35. The molecule has 1 N–H and O–H groups in total. The van der Waals surface area contributed by atoms with Crippen LogP contribution in [0.15, 0.2) is 4.99 Å². The lowest BCUT2D eigenvalue weighted by Gasteiger charge is -2.61. The van der Waals surface area contributed by atoms with Crippen molar-refractivity contribution in [2.24, 2.45) is 10.4 Å². The SMILES string of the molecule is CCOC1CC(NC(=NC)N2CCN(CC(=O)N3CCOCC3)CC2)C12CCC2.I. The molecule has 4 rings (SSSR count). The number of nitrogens with one attached hydrogen (secondary N) is 1. The molecule has 2 unspecified atom stereocenters. The fourth-order valence-corrected chi connectivity index (χ4v) is 5.32. The lowest BCUT2D eigenvalue weighted by Crippen LogP contribution is -2.69. The van der Waals surface area contributed by atoms with E-state index in [-0.39, 0.29) is 29.9 Å². The number of carbonyl (C=O) groups is 1. The number of hydrogen-bond donors (Lipinski definition) is 1. The van der Waals surface area contributed by atoms with Crippen LogP contribution < -0.4 is 5.32 Å². The second-order valence-corrected chi connectivity index (χ2v) is 8.77. The number of nitrogens with zero attached hydrogens (tertiary/aromatic N) is 4. The van der Waals surface area contributed by atoms with Gasteiger partial charge in [0.15, 0.2) is 5.96 Å². The van der Waals surface area contributed by atoms with Gasteiger partial charge in [0, 0.05) is 64.4 Å². The summed E-state index contributed by atoms with van der Waals surface area (Å²) in [6.07, 6.45) is 5.35. The Morgan fingerprint density at radius 2 is 1.83 bits per heavy atom. The van der Waals surface area contributed by atoms with Crippen LogP contribution in [0.5, 0.6) is 0 Å². The first-order chi connectivity index (χ1) is 14.2. The quantitative estimate of drug-likeness (QED) is 0.322. The lowest BCUT2D eigenvalue weighted by atomic mass is 9.51. The molecule has 2 atom stereocenters. The second kappa shape index (κ2) is 10.8. The normalized spacial score (nSPS) is 29.1. The summed E-state index contributed by atoms with van der Waals surface area (Å²) in [6, 6.07) is 0.479. The Morgan fingerprint density at radius 1 is 1.13 bits per heavy atom. The molecule has 0 aromatic rings. The van der Waals surface area contributed by atoms with Gasteiger partial charge < -0.3 is 24.6 Å². The molecule has 0 aromatic heterocycles. The number of ether oxygens (including phenoxy) is 2. The minimum atomic E-state index is 0. The first-order valence-electron chi connectivity index (χ1n) is 11.3. The van der Waals surface area contributed by atoms with Gasteiger partial charge >= 0.3 is 0 Å². The van der Waals surface area contributed by atoms with Gasteiger partial charge in [0.05, 0.1) is 25.9 Å². The van der Waals surface area contributed by atoms with E-state index in [1.54, 1.807) is 0 Å². The molecule has 1 spiro atoms. The van der Waals surface area contributed by atoms with Crippen molar-refractivity contribution < 1.29 is 14.3 Å². The highest BCUT2D eigenvalue weighted by Crippen LogP contribution is 2.57. The van der Waals surface area contributed by atoms with Gasteiger partial charge in [-0.15, -0.1) is 24.0 Å². The van der Waals surface area contributed by atoms with Crippen molar-refractivity contribution in [3.63, 3.8) is 0 Å². The summed E-state index contributed by atoms with van der Waals surface area (Å²) in [7, 11) is 1.88. The van der Waals surface area contributed by atoms with Crippen molar-refractivity contribution in [3.05, 3.63) is 0 Å². The smallest absolute Gasteiger partial charge is 0.236 e. The van der Waals surface area contributed by atoms with E-state index in [1.165, 1.54) is 19.3 Å². The van der Waals surface area contributed by atoms with Crippen LogP contribution in [0.3, 0.4) is 0 Å². The molecule has 4 aliphatic rings. The van der Waals surface area contributed by atoms with E-state index in [9.17, 15) is 4.79 Å². The van der Waals surface area contributed by atoms with Crippen LogP contribution in [0, 0.1) is 5.41 Å². The van der Waals surface area contributed by atoms with Gasteiger partial charge in [-0.1, -0.05) is 6.42 Å². The van der Waals surface area contributed by atoms with Crippen LogP contribution in [-0.4, -0.2) is 111 Å². The van der Waals surface area contributed by atoms with E-state index in [0.717, 1.165) is 58.3 Å². The van der Waals surface area contributed by atoms with Crippen LogP contribution in [0.1, 0.15) is 32.6 Å². The first kappa shape index (κ1) is 24.0. The van der Waals surface area contributed by atoms with Crippen molar-refractivity contribution >= 4 is 35.8 Å². The zero-order valence-electron chi connectivity index (χ0n) is 18.5. The summed E-state index contributed by atoms with van der Waals surface area (Å²) in [6.45, 7) is 9.79. The molecule has 9 heteroatoms. The summed E-state index contributed by atoms with van der Waals surface area (Å²) in [5, 5.41) is 3.75. The number of morpholine rings is 1. The van der Waals surface area contributed by atoms with E-state index in [1.807, 2.05) is 11.9 Å². The second-order valence-electron chi connectivity index (χ2n) is 8.77. The third kappa shape index (κ3) is 4.88. The Kier molecular flexibility index (Phi) is 8.63. The topological polar surface area (TPSA) is 69.6 Å². The van der Waals surface area contributed by atoms with E-state index in [0.29, 0.717) is 37.3 Å². The van der Waals surface area contributed by atoms with Gasteiger partial charge in [-0.2, -0.15) is 0 Å². The molecule has 0 bridgehead atoms. The van der Waals surface area contributed by atoms with Gasteiger partial charge in [0.2, 0.25) is 5.91 Å². The highest BCUT2D eigenvalue weighted by molar-refractivity contribution is 14.0. The minimum Gasteiger partial charge on any atom is -0.378 e. The van der Waals surface area contributed by atoms with E-state index in [2.05, 4.69) is 27.0 Å². The average molecular weight is 535 g/mol. The van der Waals surface area contributed by atoms with E-state index in [4.69, 9.17) is 9.47 Å². The number of carbonyl (C=O) groups excluding carboxylic acids is 1. The predicted molar refractivity (Wildman–Crippen MR) is 127 cm³/mol. The number of rotatable bonds is 5. The van der Waals surface area contributed by atoms with Crippen LogP contribution in [0.4, 0.5) is 0 Å². The van der Waals surface area contributed by atoms with Crippen molar-refractivity contribution in [1.82, 2.24) is 20.0 Å². The molecule has 2 heterocycles. The number of piperazine rings is 1. The molecule has 2 aliphatic carbocycles. The summed E-state index contributed by atoms with van der Waals surface area (Å²) < 4.78 is 11.3. The molecule has 8 nitrogen and oxygen atoms in total. The standard InChI is InChI=1S/C21H37N5O3.HI/c1-3-29-18-15-17(21(18)5-4-6-21)23-20(22-2)26-9-7-24(8-10-26)16-19(27)25-11-13-28-14-12-25;/h17-18H,3-16H2,1-2H3,(H,22,23);1H. The maximum absolute atomic E-state index is 12.5. The minimum absolute atomic E-state index is 0. The molecule has 172 valence electrons. The van der Waals surface area contributed by atoms with Gasteiger partial charge in [0.1, 0.15) is 0 Å². The fourth-order valence-electron chi connectivity index (χ4n) is 5.32. The third-order valence-corrected chi connectivity index (χ3v) is 7.35. The first-order valence-corrected chi connectivity index (χ1v) is 11.3. The summed E-state index contributed by atoms with van der Waals surface area (Å²) >= 11 is 0. The molecule has 2 saturated carbocycles. The van der Waals surface area contributed by atoms with Crippen molar-refractivity contribution in [1.29, 1.82) is 0 Å². The van der Waals surface area contributed by atoms with Crippen LogP contribution in [0.2, 0.25) is 0 Å². The monoisotopic (exact) mass is 535 g/mol. The zero-order chi connectivity index (χ0) is 20.3. The Bertz CT molecular complexity index is 601. The van der Waals surface area contributed by atoms with Gasteiger partial charge in [-0.3, -0.25) is 14.7 Å². The number of hydrogen-bond acceptors (Lipinski definition) is 5. The Morgan fingerprint density at radius 3 is 2.40 bits per heavy atom. The highest BCUT2D eigenvalue weighted by atomic mass is 127. The van der Waals surface area contributed by atoms with Gasteiger partial charge in [0.25, 0.3) is 0 Å². The fraction of sp³-hybridized carbons (Fsp3) is 0.905. The van der Waals surface area contributed by atoms with Crippen molar-refractivity contribution in [2.45, 2.75) is 44.8 Å². The number of guanidine groups is 1. The van der Waals surface area contributed by atoms with Crippen molar-refractivity contribution in [2.75, 3.05) is 72.7 Å². The van der Waals surface area contributed by atoms with Gasteiger partial charge in [-0.25, -0.2) is 0 Å². The molecule has 30 heavy (non-hydrogen) atoms. The van der Waals surface area contributed by atoms with Crippen LogP contribution in [-0.2, 0) is 14.3 Å². The van der Waals surface area contributed by atoms with Crippen LogP contribution in [0.25, 0.3) is 0 Å². The molecule has 0 radical (unpaired) electrons. The molecule has 0 aromatic carbocycles. The maximum Gasteiger partial charge on any atom is 0.236 e. The zero-order valence-corrected chi connectivity index (χ0v) is 20.8. The molecule has 4 fully saturated rings. The Labute approximate surface area is 197 Å². The number of halogens is 1. The molecular formula is C21H38IN5O3. The Balaban J connectivity index is 0.00000256. The van der Waals surface area contributed by atoms with Crippen molar-refractivity contribution in [3.8, 4) is 0 Å². The molecular weight excluding hydrogens is 497 g/mol. The van der Waals surface area contributed by atoms with Gasteiger partial charge in [-0.05, 0) is 26.2 Å². The van der Waals surface area contributed by atoms with E-state index >= 15 is 0 Å². The summed E-state index contributed by atoms with van der Waals surface area (Å²) in [4.78, 5) is 23.6. The predicted octanol–water partition coefficient (Wildman–Crippen LogP) is 1.00. The number of amides is 1. The maximum atomic E-state index is 12.5. The van der Waals surface area contributed by atoms with E-state index < -0.39 is 0 Å². The molecule has 1 amide bonds. The summed E-state index contributed by atoms with van der Waals surface area (Å²) in [5.41, 5.74) is 0.332. The largest absolute Gasteiger partial charge is 0.378 e. The summed E-state index contributed by atoms with van der Waals surface area (Å²) in [5.74, 6) is 1.24. The number of aliphatic imine (C=N–C) groups is 1. The Hall–Kier alpha value is -0.650.